The minimum absolute atomic E-state index is 0.108. The number of anilines is 1. The van der Waals surface area contributed by atoms with Gasteiger partial charge in [-0.3, -0.25) is 14.9 Å². The predicted molar refractivity (Wildman–Crippen MR) is 94.2 cm³/mol. The number of nitrogens with one attached hydrogen (secondary N) is 1. The molecule has 2 aromatic carbocycles. The average Bonchev–Trinajstić information content (AvgIpc) is 2.61. The Morgan fingerprint density at radius 3 is 2.76 bits per heavy atom. The van der Waals surface area contributed by atoms with Gasteiger partial charge in [-0.25, -0.2) is 0 Å². The highest BCUT2D eigenvalue weighted by Crippen LogP contribution is 2.32. The van der Waals surface area contributed by atoms with Crippen molar-refractivity contribution in [3.8, 4) is 5.75 Å². The van der Waals surface area contributed by atoms with Gasteiger partial charge in [-0.05, 0) is 12.1 Å². The van der Waals surface area contributed by atoms with Crippen LogP contribution >= 0.6 is 0 Å². The summed E-state index contributed by atoms with van der Waals surface area (Å²) in [6.45, 7) is 0.511. The Kier molecular flexibility index (Phi) is 4.56. The molecule has 0 aliphatic carbocycles. The first kappa shape index (κ1) is 16.8. The highest BCUT2D eigenvalue weighted by atomic mass is 16.6. The van der Waals surface area contributed by atoms with Crippen molar-refractivity contribution in [1.29, 1.82) is 0 Å². The molecular weight excluding hydrogens is 322 g/mol. The molecule has 0 saturated carbocycles. The van der Waals surface area contributed by atoms with Crippen LogP contribution in [0.3, 0.4) is 0 Å². The lowest BCUT2D eigenvalue weighted by Crippen LogP contribution is -2.33. The summed E-state index contributed by atoms with van der Waals surface area (Å²) in [5.41, 5.74) is 1.72. The zero-order valence-electron chi connectivity index (χ0n) is 14.1. The number of non-ortho nitro benzene ring substituents is 1. The van der Waals surface area contributed by atoms with Crippen LogP contribution in [0.4, 0.5) is 11.4 Å². The smallest absolute Gasteiger partial charge is 0.270 e. The molecule has 7 heteroatoms. The quantitative estimate of drug-likeness (QED) is 0.683. The molecule has 2 aromatic rings. The number of hydrogen-bond acceptors (Lipinski definition) is 5. The molecule has 0 fully saturated rings. The Labute approximate surface area is 145 Å². The molecular formula is C18H19N3O4. The van der Waals surface area contributed by atoms with E-state index in [0.717, 1.165) is 11.3 Å². The number of rotatable bonds is 4. The maximum Gasteiger partial charge on any atom is 0.270 e. The van der Waals surface area contributed by atoms with E-state index in [0.29, 0.717) is 18.7 Å². The number of carbonyl (C=O) groups excluding carboxylic acids is 1. The van der Waals surface area contributed by atoms with E-state index in [1.807, 2.05) is 24.3 Å². The van der Waals surface area contributed by atoms with Crippen LogP contribution < -0.4 is 15.0 Å². The monoisotopic (exact) mass is 341 g/mol. The maximum atomic E-state index is 12.8. The molecule has 1 N–H and O–H groups in total. The Bertz CT molecular complexity index is 820. The minimum Gasteiger partial charge on any atom is -0.493 e. The number of benzene rings is 2. The Balaban J connectivity index is 1.91. The van der Waals surface area contributed by atoms with E-state index in [-0.39, 0.29) is 23.2 Å². The van der Waals surface area contributed by atoms with Crippen LogP contribution in [-0.4, -0.2) is 31.5 Å². The molecule has 130 valence electrons. The lowest BCUT2D eigenvalue weighted by atomic mass is 10.00. The van der Waals surface area contributed by atoms with E-state index >= 15 is 0 Å². The molecule has 1 heterocycles. The number of ether oxygens (including phenoxy) is 1. The largest absolute Gasteiger partial charge is 0.493 e. The number of hydrogen-bond donors (Lipinski definition) is 1. The lowest BCUT2D eigenvalue weighted by molar-refractivity contribution is -0.384. The zero-order valence-corrected chi connectivity index (χ0v) is 14.1. The van der Waals surface area contributed by atoms with E-state index in [1.54, 1.807) is 25.1 Å². The first-order valence-corrected chi connectivity index (χ1v) is 7.95. The van der Waals surface area contributed by atoms with Gasteiger partial charge in [0.2, 0.25) is 0 Å². The number of carbonyl (C=O) groups is 1. The van der Waals surface area contributed by atoms with Crippen molar-refractivity contribution < 1.29 is 14.5 Å². The summed E-state index contributed by atoms with van der Waals surface area (Å²) in [4.78, 5) is 25.1. The molecule has 25 heavy (non-hydrogen) atoms. The van der Waals surface area contributed by atoms with Gasteiger partial charge in [0.15, 0.2) is 0 Å². The van der Waals surface area contributed by atoms with Gasteiger partial charge in [-0.1, -0.05) is 18.2 Å². The lowest BCUT2D eigenvalue weighted by Gasteiger charge is -2.27. The summed E-state index contributed by atoms with van der Waals surface area (Å²) >= 11 is 0. The number of fused-ring (bicyclic) bond motifs is 1. The standard InChI is InChI=1S/C18H19N3O4/c1-20(2)16-8-7-12(21(23)24)11-14(16)18(22)19-15-9-10-25-17-6-4-3-5-13(15)17/h3-8,11,15H,9-10H2,1-2H3,(H,19,22). The highest BCUT2D eigenvalue weighted by Gasteiger charge is 2.25. The van der Waals surface area contributed by atoms with Crippen molar-refractivity contribution in [3.63, 3.8) is 0 Å². The average molecular weight is 341 g/mol. The van der Waals surface area contributed by atoms with Gasteiger partial charge in [0.25, 0.3) is 11.6 Å². The van der Waals surface area contributed by atoms with Gasteiger partial charge >= 0.3 is 0 Å². The van der Waals surface area contributed by atoms with E-state index in [9.17, 15) is 14.9 Å². The van der Waals surface area contributed by atoms with Crippen LogP contribution in [-0.2, 0) is 0 Å². The normalized spacial score (nSPS) is 15.7. The van der Waals surface area contributed by atoms with Crippen molar-refractivity contribution in [1.82, 2.24) is 5.32 Å². The van der Waals surface area contributed by atoms with Crippen molar-refractivity contribution in [3.05, 3.63) is 63.7 Å². The predicted octanol–water partition coefficient (Wildman–Crippen LogP) is 2.91. The fraction of sp³-hybridized carbons (Fsp3) is 0.278. The Hall–Kier alpha value is -3.09. The van der Waals surface area contributed by atoms with Crippen LogP contribution in [0.25, 0.3) is 0 Å². The number of nitrogens with zero attached hydrogens (tertiary/aromatic N) is 2. The third-order valence-electron chi connectivity index (χ3n) is 4.18. The highest BCUT2D eigenvalue weighted by molar-refractivity contribution is 6.00. The first-order valence-electron chi connectivity index (χ1n) is 7.95. The molecule has 1 atom stereocenters. The summed E-state index contributed by atoms with van der Waals surface area (Å²) < 4.78 is 5.60. The number of nitro benzene ring substituents is 1. The third kappa shape index (κ3) is 3.40. The molecule has 0 saturated heterocycles. The molecule has 1 amide bonds. The van der Waals surface area contributed by atoms with Crippen molar-refractivity contribution in [2.24, 2.45) is 0 Å². The van der Waals surface area contributed by atoms with E-state index in [1.165, 1.54) is 12.1 Å². The third-order valence-corrected chi connectivity index (χ3v) is 4.18. The molecule has 0 radical (unpaired) electrons. The zero-order chi connectivity index (χ0) is 18.0. The summed E-state index contributed by atoms with van der Waals surface area (Å²) in [7, 11) is 3.59. The summed E-state index contributed by atoms with van der Waals surface area (Å²) in [6.07, 6.45) is 0.648. The minimum atomic E-state index is -0.500. The second-order valence-corrected chi connectivity index (χ2v) is 6.05. The molecule has 1 aliphatic heterocycles. The fourth-order valence-electron chi connectivity index (χ4n) is 2.94. The topological polar surface area (TPSA) is 84.7 Å². The van der Waals surface area contributed by atoms with Gasteiger partial charge in [-0.15, -0.1) is 0 Å². The van der Waals surface area contributed by atoms with Gasteiger partial charge in [0.1, 0.15) is 5.75 Å². The van der Waals surface area contributed by atoms with Gasteiger partial charge in [0.05, 0.1) is 23.1 Å². The second kappa shape index (κ2) is 6.80. The summed E-state index contributed by atoms with van der Waals surface area (Å²) in [5, 5.41) is 14.0. The van der Waals surface area contributed by atoms with Crippen LogP contribution in [0.1, 0.15) is 28.4 Å². The molecule has 3 rings (SSSR count). The molecule has 0 aromatic heterocycles. The number of nitro groups is 1. The SMILES string of the molecule is CN(C)c1ccc([N+](=O)[O-])cc1C(=O)NC1CCOc2ccccc21. The van der Waals surface area contributed by atoms with Crippen molar-refractivity contribution >= 4 is 17.3 Å². The second-order valence-electron chi connectivity index (χ2n) is 6.05. The van der Waals surface area contributed by atoms with Gasteiger partial charge < -0.3 is 15.0 Å². The van der Waals surface area contributed by atoms with Crippen LogP contribution in [0.2, 0.25) is 0 Å². The Morgan fingerprint density at radius 1 is 1.28 bits per heavy atom. The van der Waals surface area contributed by atoms with Gasteiger partial charge in [0, 0.05) is 43.9 Å². The Morgan fingerprint density at radius 2 is 2.04 bits per heavy atom. The van der Waals surface area contributed by atoms with Crippen LogP contribution in [0.15, 0.2) is 42.5 Å². The van der Waals surface area contributed by atoms with Crippen LogP contribution in [0.5, 0.6) is 5.75 Å². The molecule has 0 bridgehead atoms. The number of amides is 1. The van der Waals surface area contributed by atoms with Crippen molar-refractivity contribution in [2.45, 2.75) is 12.5 Å². The van der Waals surface area contributed by atoms with Crippen LogP contribution in [0, 0.1) is 10.1 Å². The molecule has 7 nitrogen and oxygen atoms in total. The summed E-state index contributed by atoms with van der Waals surface area (Å²) in [5.74, 6) is 0.417. The number of para-hydroxylation sites is 1. The molecule has 1 aliphatic rings. The molecule has 1 unspecified atom stereocenters. The van der Waals surface area contributed by atoms with E-state index in [2.05, 4.69) is 5.32 Å². The van der Waals surface area contributed by atoms with E-state index < -0.39 is 4.92 Å². The van der Waals surface area contributed by atoms with Gasteiger partial charge in [-0.2, -0.15) is 0 Å². The van der Waals surface area contributed by atoms with Crippen molar-refractivity contribution in [2.75, 3.05) is 25.6 Å². The maximum absolute atomic E-state index is 12.8. The summed E-state index contributed by atoms with van der Waals surface area (Å²) in [6, 6.07) is 11.7. The van der Waals surface area contributed by atoms with E-state index in [4.69, 9.17) is 4.74 Å². The fourth-order valence-corrected chi connectivity index (χ4v) is 2.94. The molecule has 0 spiro atoms. The first-order chi connectivity index (χ1) is 12.0.